The molecule has 1 aromatic rings. The number of H-pyrrole nitrogens is 1. The van der Waals surface area contributed by atoms with Gasteiger partial charge in [-0.15, -0.1) is 0 Å². The molecule has 0 spiro atoms. The normalized spacial score (nSPS) is 10.8. The number of rotatable bonds is 3. The molecule has 0 unspecified atom stereocenters. The molecule has 0 radical (unpaired) electrons. The fraction of sp³-hybridized carbons (Fsp3) is 0.400. The van der Waals surface area contributed by atoms with Crippen molar-refractivity contribution < 1.29 is 14.3 Å². The summed E-state index contributed by atoms with van der Waals surface area (Å²) < 4.78 is 4.45. The highest BCUT2D eigenvalue weighted by Crippen LogP contribution is 2.14. The van der Waals surface area contributed by atoms with Gasteiger partial charge in [0.05, 0.1) is 12.6 Å². The van der Waals surface area contributed by atoms with E-state index in [1.54, 1.807) is 13.8 Å². The van der Waals surface area contributed by atoms with Crippen molar-refractivity contribution in [3.8, 4) is 0 Å². The van der Waals surface area contributed by atoms with Gasteiger partial charge in [-0.3, -0.25) is 9.59 Å². The molecule has 0 bridgehead atoms. The van der Waals surface area contributed by atoms with Crippen LogP contribution < -0.4 is 16.6 Å². The second-order valence-corrected chi connectivity index (χ2v) is 4.09. The number of carbonyl (C=O) groups is 2. The van der Waals surface area contributed by atoms with Crippen LogP contribution in [0.2, 0.25) is 0 Å². The monoisotopic (exact) mass is 254 g/mol. The molecule has 0 fully saturated rings. The van der Waals surface area contributed by atoms with Gasteiger partial charge in [-0.2, -0.15) is 0 Å². The number of nitrogens with two attached hydrogens (primary N) is 1. The smallest absolute Gasteiger partial charge is 0.407 e. The number of hydrogen-bond donors (Lipinski definition) is 3. The van der Waals surface area contributed by atoms with Crippen LogP contribution in [-0.2, 0) is 10.3 Å². The van der Waals surface area contributed by atoms with Crippen LogP contribution in [0.15, 0.2) is 10.9 Å². The molecule has 1 aromatic heterocycles. The lowest BCUT2D eigenvalue weighted by Gasteiger charge is -2.24. The molecule has 0 aromatic carbocycles. The second-order valence-electron chi connectivity index (χ2n) is 4.09. The maximum Gasteiger partial charge on any atom is 0.407 e. The standard InChI is InChI=1S/C10H14N4O4/c1-10(2,14-9(17)18-3)8-12-5(7(11)16)4-6(15)13-8/h4H,1-3H3,(H2,11,16)(H,14,17)(H,12,13,15). The highest BCUT2D eigenvalue weighted by Gasteiger charge is 2.27. The molecule has 0 saturated heterocycles. The third kappa shape index (κ3) is 3.06. The fourth-order valence-corrected chi connectivity index (χ4v) is 1.25. The Morgan fingerprint density at radius 3 is 2.61 bits per heavy atom. The quantitative estimate of drug-likeness (QED) is 0.667. The van der Waals surface area contributed by atoms with Gasteiger partial charge in [0.2, 0.25) is 0 Å². The Morgan fingerprint density at radius 2 is 2.11 bits per heavy atom. The lowest BCUT2D eigenvalue weighted by Crippen LogP contribution is -2.43. The van der Waals surface area contributed by atoms with E-state index in [2.05, 4.69) is 20.0 Å². The van der Waals surface area contributed by atoms with Crippen LogP contribution in [0.1, 0.15) is 30.2 Å². The Balaban J connectivity index is 3.19. The summed E-state index contributed by atoms with van der Waals surface area (Å²) in [5, 5.41) is 2.47. The Morgan fingerprint density at radius 1 is 1.50 bits per heavy atom. The highest BCUT2D eigenvalue weighted by molar-refractivity contribution is 5.90. The third-order valence-electron chi connectivity index (χ3n) is 2.19. The first-order chi connectivity index (χ1) is 8.26. The number of methoxy groups -OCH3 is 1. The van der Waals surface area contributed by atoms with Gasteiger partial charge >= 0.3 is 6.09 Å². The minimum absolute atomic E-state index is 0.106. The number of carbonyl (C=O) groups excluding carboxylic acids is 2. The van der Waals surface area contributed by atoms with Crippen LogP contribution in [0, 0.1) is 0 Å². The van der Waals surface area contributed by atoms with Crippen molar-refractivity contribution in [3.63, 3.8) is 0 Å². The summed E-state index contributed by atoms with van der Waals surface area (Å²) in [6, 6.07) is 0.986. The zero-order valence-electron chi connectivity index (χ0n) is 10.2. The topological polar surface area (TPSA) is 127 Å². The molecular formula is C10H14N4O4. The number of amides is 2. The number of primary amides is 1. The molecule has 0 atom stereocenters. The summed E-state index contributed by atoms with van der Waals surface area (Å²) >= 11 is 0. The van der Waals surface area contributed by atoms with E-state index in [0.29, 0.717) is 0 Å². The van der Waals surface area contributed by atoms with E-state index in [0.717, 1.165) is 6.07 Å². The van der Waals surface area contributed by atoms with Gasteiger partial charge in [0.1, 0.15) is 11.5 Å². The number of aromatic amines is 1. The van der Waals surface area contributed by atoms with Gasteiger partial charge < -0.3 is 20.8 Å². The van der Waals surface area contributed by atoms with Crippen molar-refractivity contribution in [3.05, 3.63) is 27.9 Å². The van der Waals surface area contributed by atoms with Crippen molar-refractivity contribution in [2.45, 2.75) is 19.4 Å². The first-order valence-corrected chi connectivity index (χ1v) is 5.04. The van der Waals surface area contributed by atoms with Gasteiger partial charge in [0, 0.05) is 6.07 Å². The number of alkyl carbamates (subject to hydrolysis) is 1. The fourth-order valence-electron chi connectivity index (χ4n) is 1.25. The van der Waals surface area contributed by atoms with E-state index in [-0.39, 0.29) is 11.5 Å². The van der Waals surface area contributed by atoms with E-state index in [9.17, 15) is 14.4 Å². The van der Waals surface area contributed by atoms with Gasteiger partial charge in [0.15, 0.2) is 0 Å². The second kappa shape index (κ2) is 4.86. The van der Waals surface area contributed by atoms with Crippen molar-refractivity contribution in [2.24, 2.45) is 5.73 Å². The molecule has 0 aliphatic rings. The zero-order chi connectivity index (χ0) is 13.9. The lowest BCUT2D eigenvalue weighted by atomic mass is 10.0. The average molecular weight is 254 g/mol. The minimum Gasteiger partial charge on any atom is -0.453 e. The van der Waals surface area contributed by atoms with Crippen LogP contribution in [0.5, 0.6) is 0 Å². The largest absolute Gasteiger partial charge is 0.453 e. The maximum atomic E-state index is 11.4. The van der Waals surface area contributed by atoms with Crippen molar-refractivity contribution in [1.82, 2.24) is 15.3 Å². The minimum atomic E-state index is -1.02. The number of nitrogens with zero attached hydrogens (tertiary/aromatic N) is 1. The van der Waals surface area contributed by atoms with Gasteiger partial charge in [-0.25, -0.2) is 9.78 Å². The molecule has 8 nitrogen and oxygen atoms in total. The molecule has 0 saturated carbocycles. The van der Waals surface area contributed by atoms with E-state index in [1.807, 2.05) is 0 Å². The molecule has 8 heteroatoms. The van der Waals surface area contributed by atoms with Crippen LogP contribution in [-0.4, -0.2) is 29.1 Å². The Kier molecular flexibility index (Phi) is 3.70. The summed E-state index contributed by atoms with van der Waals surface area (Å²) in [6.45, 7) is 3.18. The summed E-state index contributed by atoms with van der Waals surface area (Å²) in [6.07, 6.45) is -0.688. The zero-order valence-corrected chi connectivity index (χ0v) is 10.2. The number of nitrogens with one attached hydrogen (secondary N) is 2. The van der Waals surface area contributed by atoms with Gasteiger partial charge in [0.25, 0.3) is 11.5 Å². The van der Waals surface area contributed by atoms with Crippen LogP contribution in [0.25, 0.3) is 0 Å². The van der Waals surface area contributed by atoms with Crippen LogP contribution >= 0.6 is 0 Å². The average Bonchev–Trinajstić information content (AvgIpc) is 2.27. The number of ether oxygens (including phenoxy) is 1. The molecule has 98 valence electrons. The van der Waals surface area contributed by atoms with E-state index < -0.39 is 23.1 Å². The van der Waals surface area contributed by atoms with Crippen molar-refractivity contribution in [2.75, 3.05) is 7.11 Å². The summed E-state index contributed by atoms with van der Waals surface area (Å²) in [7, 11) is 1.21. The lowest BCUT2D eigenvalue weighted by molar-refractivity contribution is 0.0994. The van der Waals surface area contributed by atoms with Crippen molar-refractivity contribution in [1.29, 1.82) is 0 Å². The molecule has 2 amide bonds. The van der Waals surface area contributed by atoms with Crippen LogP contribution in [0.3, 0.4) is 0 Å². The van der Waals surface area contributed by atoms with E-state index >= 15 is 0 Å². The predicted octanol–water partition coefficient (Wildman–Crippen LogP) is -0.540. The van der Waals surface area contributed by atoms with Crippen LogP contribution in [0.4, 0.5) is 4.79 Å². The summed E-state index contributed by atoms with van der Waals surface area (Å²) in [4.78, 5) is 39.9. The van der Waals surface area contributed by atoms with Crippen molar-refractivity contribution >= 4 is 12.0 Å². The first-order valence-electron chi connectivity index (χ1n) is 5.04. The Bertz CT molecular complexity index is 535. The highest BCUT2D eigenvalue weighted by atomic mass is 16.5. The molecule has 18 heavy (non-hydrogen) atoms. The van der Waals surface area contributed by atoms with E-state index in [4.69, 9.17) is 5.73 Å². The summed E-state index contributed by atoms with van der Waals surface area (Å²) in [5.74, 6) is -0.717. The van der Waals surface area contributed by atoms with E-state index in [1.165, 1.54) is 7.11 Å². The molecule has 0 aliphatic heterocycles. The number of hydrogen-bond acceptors (Lipinski definition) is 5. The molecular weight excluding hydrogens is 240 g/mol. The number of aromatic nitrogens is 2. The first kappa shape index (κ1) is 13.7. The molecule has 4 N–H and O–H groups in total. The Labute approximate surface area is 103 Å². The molecule has 1 rings (SSSR count). The molecule has 0 aliphatic carbocycles. The van der Waals surface area contributed by atoms with Gasteiger partial charge in [-0.1, -0.05) is 0 Å². The molecule has 1 heterocycles. The third-order valence-corrected chi connectivity index (χ3v) is 2.19. The van der Waals surface area contributed by atoms with Gasteiger partial charge in [-0.05, 0) is 13.8 Å². The maximum absolute atomic E-state index is 11.4. The predicted molar refractivity (Wildman–Crippen MR) is 61.9 cm³/mol. The SMILES string of the molecule is COC(=O)NC(C)(C)c1nc(C(N)=O)cc(=O)[nH]1. The summed E-state index contributed by atoms with van der Waals surface area (Å²) in [5.41, 5.74) is 3.33. The Hall–Kier alpha value is -2.38.